The number of imide groups is 1. The Morgan fingerprint density at radius 3 is 2.71 bits per heavy atom. The van der Waals surface area contributed by atoms with Gasteiger partial charge in [-0.15, -0.1) is 11.3 Å². The van der Waals surface area contributed by atoms with Crippen LogP contribution in [0.25, 0.3) is 0 Å². The Labute approximate surface area is 104 Å². The standard InChI is InChI=1S/C12H16N2O2S/c1-7(2)11(9-4-3-5-17-9)13-8-6-10(15)14-12(8)16/h3-5,7-8,11,13H,6H2,1-2H3,(H,14,15,16). The van der Waals surface area contributed by atoms with Gasteiger partial charge in [0.05, 0.1) is 12.5 Å². The topological polar surface area (TPSA) is 58.2 Å². The summed E-state index contributed by atoms with van der Waals surface area (Å²) in [7, 11) is 0. The first-order valence-electron chi connectivity index (χ1n) is 5.71. The smallest absolute Gasteiger partial charge is 0.244 e. The van der Waals surface area contributed by atoms with Crippen LogP contribution in [0.2, 0.25) is 0 Å². The summed E-state index contributed by atoms with van der Waals surface area (Å²) < 4.78 is 0. The van der Waals surface area contributed by atoms with Gasteiger partial charge in [0.15, 0.2) is 0 Å². The molecule has 2 amide bonds. The minimum absolute atomic E-state index is 0.122. The summed E-state index contributed by atoms with van der Waals surface area (Å²) in [5.41, 5.74) is 0. The molecular weight excluding hydrogens is 236 g/mol. The summed E-state index contributed by atoms with van der Waals surface area (Å²) in [5, 5.41) is 7.62. The Morgan fingerprint density at radius 2 is 2.24 bits per heavy atom. The van der Waals surface area contributed by atoms with Crippen LogP contribution in [0.1, 0.15) is 31.2 Å². The Bertz CT molecular complexity index is 414. The van der Waals surface area contributed by atoms with Gasteiger partial charge in [-0.05, 0) is 17.4 Å². The van der Waals surface area contributed by atoms with Crippen molar-refractivity contribution in [2.75, 3.05) is 0 Å². The van der Waals surface area contributed by atoms with Crippen LogP contribution < -0.4 is 10.6 Å². The second-order valence-corrected chi connectivity index (χ2v) is 5.55. The molecule has 0 spiro atoms. The van der Waals surface area contributed by atoms with E-state index >= 15 is 0 Å². The molecule has 4 nitrogen and oxygen atoms in total. The molecule has 0 radical (unpaired) electrons. The molecule has 92 valence electrons. The van der Waals surface area contributed by atoms with Crippen molar-refractivity contribution >= 4 is 23.2 Å². The van der Waals surface area contributed by atoms with Gasteiger partial charge in [-0.25, -0.2) is 0 Å². The first-order chi connectivity index (χ1) is 8.08. The van der Waals surface area contributed by atoms with Gasteiger partial charge in [-0.2, -0.15) is 0 Å². The Kier molecular flexibility index (Phi) is 3.59. The average Bonchev–Trinajstić information content (AvgIpc) is 2.84. The molecule has 0 aromatic carbocycles. The van der Waals surface area contributed by atoms with Crippen molar-refractivity contribution < 1.29 is 9.59 Å². The zero-order chi connectivity index (χ0) is 12.4. The number of hydrogen-bond donors (Lipinski definition) is 2. The first-order valence-corrected chi connectivity index (χ1v) is 6.59. The van der Waals surface area contributed by atoms with Crippen molar-refractivity contribution in [1.82, 2.24) is 10.6 Å². The van der Waals surface area contributed by atoms with Crippen molar-refractivity contribution in [1.29, 1.82) is 0 Å². The van der Waals surface area contributed by atoms with Crippen LogP contribution in [0.15, 0.2) is 17.5 Å². The maximum absolute atomic E-state index is 11.5. The van der Waals surface area contributed by atoms with E-state index in [1.54, 1.807) is 11.3 Å². The van der Waals surface area contributed by atoms with Crippen LogP contribution in [0.4, 0.5) is 0 Å². The monoisotopic (exact) mass is 252 g/mol. The Morgan fingerprint density at radius 1 is 1.47 bits per heavy atom. The van der Waals surface area contributed by atoms with E-state index < -0.39 is 6.04 Å². The van der Waals surface area contributed by atoms with Gasteiger partial charge in [0.25, 0.3) is 0 Å². The maximum atomic E-state index is 11.5. The molecule has 0 saturated carbocycles. The molecular formula is C12H16N2O2S. The second-order valence-electron chi connectivity index (χ2n) is 4.57. The highest BCUT2D eigenvalue weighted by Crippen LogP contribution is 2.27. The molecule has 1 saturated heterocycles. The lowest BCUT2D eigenvalue weighted by Crippen LogP contribution is -2.40. The number of carbonyl (C=O) groups is 2. The van der Waals surface area contributed by atoms with Gasteiger partial charge in [0, 0.05) is 10.9 Å². The molecule has 0 aliphatic carbocycles. The van der Waals surface area contributed by atoms with Gasteiger partial charge in [-0.1, -0.05) is 19.9 Å². The van der Waals surface area contributed by atoms with E-state index in [-0.39, 0.29) is 24.3 Å². The molecule has 1 aromatic rings. The van der Waals surface area contributed by atoms with Gasteiger partial charge < -0.3 is 0 Å². The van der Waals surface area contributed by atoms with E-state index in [2.05, 4.69) is 30.5 Å². The number of amides is 2. The Balaban J connectivity index is 2.09. The van der Waals surface area contributed by atoms with Crippen LogP contribution in [0.3, 0.4) is 0 Å². The van der Waals surface area contributed by atoms with Gasteiger partial charge >= 0.3 is 0 Å². The van der Waals surface area contributed by atoms with Crippen LogP contribution in [0.5, 0.6) is 0 Å². The number of hydrogen-bond acceptors (Lipinski definition) is 4. The lowest BCUT2D eigenvalue weighted by atomic mass is 10.0. The van der Waals surface area contributed by atoms with Crippen molar-refractivity contribution in [2.45, 2.75) is 32.4 Å². The predicted octanol–water partition coefficient (Wildman–Crippen LogP) is 1.45. The van der Waals surface area contributed by atoms with Crippen molar-refractivity contribution in [3.8, 4) is 0 Å². The van der Waals surface area contributed by atoms with Gasteiger partial charge in [0.2, 0.25) is 11.8 Å². The quantitative estimate of drug-likeness (QED) is 0.797. The highest BCUT2D eigenvalue weighted by molar-refractivity contribution is 7.10. The van der Waals surface area contributed by atoms with Gasteiger partial charge in [-0.3, -0.25) is 20.2 Å². The van der Waals surface area contributed by atoms with E-state index in [9.17, 15) is 9.59 Å². The summed E-state index contributed by atoms with van der Waals surface area (Å²) >= 11 is 1.67. The number of thiophene rings is 1. The van der Waals surface area contributed by atoms with Gasteiger partial charge in [0.1, 0.15) is 0 Å². The lowest BCUT2D eigenvalue weighted by molar-refractivity contribution is -0.125. The fourth-order valence-electron chi connectivity index (χ4n) is 1.98. The molecule has 2 unspecified atom stereocenters. The molecule has 17 heavy (non-hydrogen) atoms. The van der Waals surface area contributed by atoms with Crippen molar-refractivity contribution in [3.05, 3.63) is 22.4 Å². The van der Waals surface area contributed by atoms with E-state index in [4.69, 9.17) is 0 Å². The van der Waals surface area contributed by atoms with Crippen molar-refractivity contribution in [2.24, 2.45) is 5.92 Å². The molecule has 1 aliphatic rings. The summed E-state index contributed by atoms with van der Waals surface area (Å²) in [4.78, 5) is 23.9. The summed E-state index contributed by atoms with van der Waals surface area (Å²) in [6.07, 6.45) is 0.243. The lowest BCUT2D eigenvalue weighted by Gasteiger charge is -2.23. The third-order valence-electron chi connectivity index (χ3n) is 2.87. The Hall–Kier alpha value is -1.20. The summed E-state index contributed by atoms with van der Waals surface area (Å²) in [6, 6.07) is 3.78. The molecule has 2 N–H and O–H groups in total. The highest BCUT2D eigenvalue weighted by Gasteiger charge is 2.33. The molecule has 2 rings (SSSR count). The average molecular weight is 252 g/mol. The van der Waals surface area contributed by atoms with Crippen LogP contribution in [-0.4, -0.2) is 17.9 Å². The zero-order valence-electron chi connectivity index (χ0n) is 9.90. The van der Waals surface area contributed by atoms with E-state index in [0.29, 0.717) is 5.92 Å². The largest absolute Gasteiger partial charge is 0.297 e. The molecule has 1 aromatic heterocycles. The fraction of sp³-hybridized carbons (Fsp3) is 0.500. The summed E-state index contributed by atoms with van der Waals surface area (Å²) in [5.74, 6) is -0.0319. The molecule has 0 bridgehead atoms. The zero-order valence-corrected chi connectivity index (χ0v) is 10.7. The normalized spacial score (nSPS) is 21.9. The summed E-state index contributed by atoms with van der Waals surface area (Å²) in [6.45, 7) is 4.21. The minimum Gasteiger partial charge on any atom is -0.297 e. The molecule has 2 heterocycles. The maximum Gasteiger partial charge on any atom is 0.244 e. The molecule has 2 atom stereocenters. The first kappa shape index (κ1) is 12.3. The number of carbonyl (C=O) groups excluding carboxylic acids is 2. The number of rotatable bonds is 4. The van der Waals surface area contributed by atoms with Crippen LogP contribution in [0, 0.1) is 5.92 Å². The van der Waals surface area contributed by atoms with E-state index in [1.807, 2.05) is 11.4 Å². The highest BCUT2D eigenvalue weighted by atomic mass is 32.1. The predicted molar refractivity (Wildman–Crippen MR) is 66.6 cm³/mol. The second kappa shape index (κ2) is 4.98. The van der Waals surface area contributed by atoms with Crippen LogP contribution >= 0.6 is 11.3 Å². The van der Waals surface area contributed by atoms with Crippen LogP contribution in [-0.2, 0) is 9.59 Å². The van der Waals surface area contributed by atoms with Crippen molar-refractivity contribution in [3.63, 3.8) is 0 Å². The third kappa shape index (κ3) is 2.73. The SMILES string of the molecule is CC(C)C(NC1CC(=O)NC1=O)c1cccs1. The minimum atomic E-state index is -0.392. The van der Waals surface area contributed by atoms with E-state index in [0.717, 1.165) is 0 Å². The third-order valence-corrected chi connectivity index (χ3v) is 3.82. The molecule has 5 heteroatoms. The molecule has 1 fully saturated rings. The molecule has 1 aliphatic heterocycles. The number of nitrogens with one attached hydrogen (secondary N) is 2. The van der Waals surface area contributed by atoms with E-state index in [1.165, 1.54) is 4.88 Å². The fourth-order valence-corrected chi connectivity index (χ4v) is 2.93.